The summed E-state index contributed by atoms with van der Waals surface area (Å²) in [4.78, 5) is 52.0. The summed E-state index contributed by atoms with van der Waals surface area (Å²) in [5.74, 6) is -0.445. The largest absolute Gasteiger partial charge is 0.444 e. The second-order valence-electron chi connectivity index (χ2n) is 8.45. The highest BCUT2D eigenvalue weighted by molar-refractivity contribution is 6.07. The lowest BCUT2D eigenvalue weighted by Gasteiger charge is -2.29. The number of hydrogen-bond acceptors (Lipinski definition) is 5. The minimum atomic E-state index is -0.588. The zero-order valence-electron chi connectivity index (χ0n) is 16.8. The van der Waals surface area contributed by atoms with E-state index in [4.69, 9.17) is 4.74 Å². The second kappa shape index (κ2) is 7.37. The van der Waals surface area contributed by atoms with E-state index in [-0.39, 0.29) is 23.9 Å². The van der Waals surface area contributed by atoms with Crippen LogP contribution >= 0.6 is 0 Å². The third-order valence-corrected chi connectivity index (χ3v) is 5.02. The fraction of sp³-hybridized carbons (Fsp3) is 0.524. The first-order valence-corrected chi connectivity index (χ1v) is 9.47. The molecule has 1 heterocycles. The van der Waals surface area contributed by atoms with E-state index >= 15 is 0 Å². The van der Waals surface area contributed by atoms with Crippen molar-refractivity contribution in [3.63, 3.8) is 0 Å². The number of carbonyl (C=O) groups excluding carboxylic acids is 4. The minimum Gasteiger partial charge on any atom is -0.444 e. The molecule has 0 N–H and O–H groups in total. The van der Waals surface area contributed by atoms with Gasteiger partial charge in [-0.25, -0.2) is 4.79 Å². The second-order valence-corrected chi connectivity index (χ2v) is 8.45. The molecule has 2 aliphatic rings. The summed E-state index contributed by atoms with van der Waals surface area (Å²) in [7, 11) is 1.65. The standard InChI is InChI=1S/C21H26N2O5/c1-21(2,3)28-20(27)22(4)11-13-6-5-7-15-16(13)12-23(19(15)26)17-9-8-14(24)10-18(17)25/h5-7,17H,8-12H2,1-4H3. The third-order valence-electron chi connectivity index (χ3n) is 5.02. The summed E-state index contributed by atoms with van der Waals surface area (Å²) in [5.41, 5.74) is 1.64. The molecule has 7 nitrogen and oxygen atoms in total. The lowest BCUT2D eigenvalue weighted by atomic mass is 9.92. The minimum absolute atomic E-state index is 0.0647. The highest BCUT2D eigenvalue weighted by atomic mass is 16.6. The maximum atomic E-state index is 12.9. The quantitative estimate of drug-likeness (QED) is 0.746. The average molecular weight is 386 g/mol. The zero-order valence-corrected chi connectivity index (χ0v) is 16.8. The Labute approximate surface area is 164 Å². The molecule has 1 aromatic rings. The number of ketones is 2. The van der Waals surface area contributed by atoms with Crippen molar-refractivity contribution in [3.05, 3.63) is 34.9 Å². The van der Waals surface area contributed by atoms with Gasteiger partial charge in [0.25, 0.3) is 5.91 Å². The Balaban J connectivity index is 1.78. The first-order valence-electron chi connectivity index (χ1n) is 9.47. The molecule has 3 rings (SSSR count). The number of nitrogens with zero attached hydrogens (tertiary/aromatic N) is 2. The van der Waals surface area contributed by atoms with Gasteiger partial charge in [-0.1, -0.05) is 12.1 Å². The smallest absolute Gasteiger partial charge is 0.410 e. The molecule has 1 aliphatic heterocycles. The van der Waals surface area contributed by atoms with Crippen LogP contribution in [0, 0.1) is 0 Å². The van der Waals surface area contributed by atoms with E-state index in [1.54, 1.807) is 44.9 Å². The molecule has 0 saturated heterocycles. The van der Waals surface area contributed by atoms with E-state index in [9.17, 15) is 19.2 Å². The molecule has 7 heteroatoms. The van der Waals surface area contributed by atoms with Crippen molar-refractivity contribution in [1.29, 1.82) is 0 Å². The maximum absolute atomic E-state index is 12.9. The first kappa shape index (κ1) is 20.0. The van der Waals surface area contributed by atoms with Gasteiger partial charge in [-0.05, 0) is 44.4 Å². The van der Waals surface area contributed by atoms with Crippen LogP contribution < -0.4 is 0 Å². The van der Waals surface area contributed by atoms with E-state index in [0.717, 1.165) is 11.1 Å². The average Bonchev–Trinajstić information content (AvgIpc) is 2.91. The first-order chi connectivity index (χ1) is 13.1. The molecule has 0 bridgehead atoms. The Morgan fingerprint density at radius 1 is 1.25 bits per heavy atom. The lowest BCUT2D eigenvalue weighted by molar-refractivity contribution is -0.133. The van der Waals surface area contributed by atoms with Crippen LogP contribution in [-0.4, -0.2) is 52.1 Å². The van der Waals surface area contributed by atoms with Crippen molar-refractivity contribution >= 4 is 23.6 Å². The van der Waals surface area contributed by atoms with Crippen LogP contribution in [0.2, 0.25) is 0 Å². The van der Waals surface area contributed by atoms with Gasteiger partial charge in [0.1, 0.15) is 11.4 Å². The van der Waals surface area contributed by atoms with Gasteiger partial charge < -0.3 is 14.5 Å². The number of benzene rings is 1. The van der Waals surface area contributed by atoms with Crippen LogP contribution in [-0.2, 0) is 27.4 Å². The van der Waals surface area contributed by atoms with Gasteiger partial charge in [0.2, 0.25) is 0 Å². The number of ether oxygens (including phenoxy) is 1. The Morgan fingerprint density at radius 3 is 2.61 bits per heavy atom. The van der Waals surface area contributed by atoms with Crippen molar-refractivity contribution in [3.8, 4) is 0 Å². The van der Waals surface area contributed by atoms with Crippen LogP contribution in [0.25, 0.3) is 0 Å². The Hall–Kier alpha value is -2.70. The van der Waals surface area contributed by atoms with Crippen LogP contribution in [0.3, 0.4) is 0 Å². The lowest BCUT2D eigenvalue weighted by Crippen LogP contribution is -2.44. The molecule has 1 unspecified atom stereocenters. The Bertz CT molecular complexity index is 840. The van der Waals surface area contributed by atoms with Gasteiger partial charge in [-0.15, -0.1) is 0 Å². The van der Waals surface area contributed by atoms with Crippen LogP contribution in [0.1, 0.15) is 61.5 Å². The highest BCUT2D eigenvalue weighted by Crippen LogP contribution is 2.31. The van der Waals surface area contributed by atoms with E-state index in [2.05, 4.69) is 0 Å². The Kier molecular flexibility index (Phi) is 5.28. The van der Waals surface area contributed by atoms with E-state index in [0.29, 0.717) is 31.5 Å². The summed E-state index contributed by atoms with van der Waals surface area (Å²) in [5, 5.41) is 0. The molecule has 1 fully saturated rings. The number of amides is 2. The van der Waals surface area contributed by atoms with Gasteiger partial charge in [0.15, 0.2) is 5.78 Å². The summed E-state index contributed by atoms with van der Waals surface area (Å²) in [6.45, 7) is 6.04. The molecule has 1 aliphatic carbocycles. The number of Topliss-reactive ketones (excluding diaryl/α,β-unsaturated/α-hetero) is 2. The molecule has 2 amide bonds. The summed E-state index contributed by atoms with van der Waals surface area (Å²) < 4.78 is 5.39. The number of fused-ring (bicyclic) bond motifs is 1. The van der Waals surface area contributed by atoms with Gasteiger partial charge in [0, 0.05) is 32.1 Å². The molecule has 28 heavy (non-hydrogen) atoms. The van der Waals surface area contributed by atoms with E-state index < -0.39 is 17.7 Å². The van der Waals surface area contributed by atoms with Crippen molar-refractivity contribution in [2.75, 3.05) is 7.05 Å². The van der Waals surface area contributed by atoms with Crippen molar-refractivity contribution in [2.24, 2.45) is 0 Å². The van der Waals surface area contributed by atoms with Crippen LogP contribution in [0.5, 0.6) is 0 Å². The van der Waals surface area contributed by atoms with Crippen molar-refractivity contribution < 1.29 is 23.9 Å². The third kappa shape index (κ3) is 4.08. The zero-order chi connectivity index (χ0) is 20.6. The normalized spacial score (nSPS) is 19.6. The molecule has 0 spiro atoms. The molecule has 0 radical (unpaired) electrons. The van der Waals surface area contributed by atoms with Crippen LogP contribution in [0.15, 0.2) is 18.2 Å². The van der Waals surface area contributed by atoms with Crippen molar-refractivity contribution in [2.45, 2.75) is 64.8 Å². The number of rotatable bonds is 3. The van der Waals surface area contributed by atoms with Gasteiger partial charge in [0.05, 0.1) is 12.5 Å². The van der Waals surface area contributed by atoms with Crippen molar-refractivity contribution in [1.82, 2.24) is 9.80 Å². The summed E-state index contributed by atoms with van der Waals surface area (Å²) in [6.07, 6.45) is 0.168. The maximum Gasteiger partial charge on any atom is 0.410 e. The monoisotopic (exact) mass is 386 g/mol. The molecular formula is C21H26N2O5. The van der Waals surface area contributed by atoms with Gasteiger partial charge in [-0.3, -0.25) is 14.4 Å². The summed E-state index contributed by atoms with van der Waals surface area (Å²) in [6, 6.07) is 4.86. The number of carbonyl (C=O) groups is 4. The fourth-order valence-electron chi connectivity index (χ4n) is 3.67. The topological polar surface area (TPSA) is 84.0 Å². The predicted octanol–water partition coefficient (Wildman–Crippen LogP) is 2.70. The molecule has 1 saturated carbocycles. The molecular weight excluding hydrogens is 360 g/mol. The number of hydrogen-bond donors (Lipinski definition) is 0. The molecule has 150 valence electrons. The highest BCUT2D eigenvalue weighted by Gasteiger charge is 2.39. The summed E-state index contributed by atoms with van der Waals surface area (Å²) >= 11 is 0. The van der Waals surface area contributed by atoms with Gasteiger partial charge >= 0.3 is 6.09 Å². The molecule has 1 aromatic carbocycles. The van der Waals surface area contributed by atoms with Gasteiger partial charge in [-0.2, -0.15) is 0 Å². The Morgan fingerprint density at radius 2 is 1.96 bits per heavy atom. The fourth-order valence-corrected chi connectivity index (χ4v) is 3.67. The predicted molar refractivity (Wildman–Crippen MR) is 102 cm³/mol. The SMILES string of the molecule is CN(Cc1cccc2c1CN(C1CCC(=O)CC1=O)C2=O)C(=O)OC(C)(C)C. The van der Waals surface area contributed by atoms with Crippen LogP contribution in [0.4, 0.5) is 4.79 Å². The van der Waals surface area contributed by atoms with E-state index in [1.807, 2.05) is 6.07 Å². The molecule has 1 atom stereocenters. The molecule has 0 aromatic heterocycles. The van der Waals surface area contributed by atoms with E-state index in [1.165, 1.54) is 4.90 Å².